The van der Waals surface area contributed by atoms with Gasteiger partial charge in [0.15, 0.2) is 5.82 Å². The molecule has 1 atom stereocenters. The van der Waals surface area contributed by atoms with Crippen LogP contribution in [-0.4, -0.2) is 31.8 Å². The summed E-state index contributed by atoms with van der Waals surface area (Å²) in [6.45, 7) is 3.11. The third kappa shape index (κ3) is 2.82. The predicted molar refractivity (Wildman–Crippen MR) is 74.0 cm³/mol. The molecule has 0 unspecified atom stereocenters. The second-order valence-electron chi connectivity index (χ2n) is 5.04. The number of hydrogen-bond acceptors (Lipinski definition) is 6. The first-order chi connectivity index (χ1) is 9.95. The molecule has 0 bridgehead atoms. The highest BCUT2D eigenvalue weighted by Gasteiger charge is 2.24. The third-order valence-electron chi connectivity index (χ3n) is 3.50. The summed E-state index contributed by atoms with van der Waals surface area (Å²) in [7, 11) is -3.77. The van der Waals surface area contributed by atoms with Gasteiger partial charge in [0.05, 0.1) is 11.5 Å². The Morgan fingerprint density at radius 3 is 2.86 bits per heavy atom. The molecule has 0 radical (unpaired) electrons. The molecule has 112 valence electrons. The number of aryl methyl sites for hydroxylation is 1. The Labute approximate surface area is 122 Å². The number of ether oxygens (including phenoxy) is 1. The highest BCUT2D eigenvalue weighted by atomic mass is 32.2. The summed E-state index contributed by atoms with van der Waals surface area (Å²) in [6, 6.07) is 4.57. The monoisotopic (exact) mass is 309 g/mol. The number of nitrogens with two attached hydrogens (primary N) is 1. The van der Waals surface area contributed by atoms with E-state index in [1.165, 1.54) is 12.1 Å². The fourth-order valence-corrected chi connectivity index (χ4v) is 2.80. The van der Waals surface area contributed by atoms with Crippen molar-refractivity contribution in [1.82, 2.24) is 10.1 Å². The number of aromatic nitrogens is 2. The number of nitrogens with zero attached hydrogens (tertiary/aromatic N) is 2. The molecule has 7 nitrogen and oxygen atoms in total. The van der Waals surface area contributed by atoms with Gasteiger partial charge in [-0.05, 0) is 31.0 Å². The second-order valence-corrected chi connectivity index (χ2v) is 6.60. The molecule has 1 aromatic carbocycles. The zero-order valence-electron chi connectivity index (χ0n) is 11.4. The van der Waals surface area contributed by atoms with Gasteiger partial charge in [0.2, 0.25) is 10.0 Å². The van der Waals surface area contributed by atoms with Crippen molar-refractivity contribution in [3.63, 3.8) is 0 Å². The Bertz CT molecular complexity index is 763. The van der Waals surface area contributed by atoms with E-state index < -0.39 is 10.0 Å². The van der Waals surface area contributed by atoms with E-state index >= 15 is 0 Å². The molecular formula is C13H15N3O4S. The lowest BCUT2D eigenvalue weighted by Crippen LogP contribution is -2.12. The Morgan fingerprint density at radius 1 is 1.38 bits per heavy atom. The first kappa shape index (κ1) is 14.2. The van der Waals surface area contributed by atoms with E-state index in [9.17, 15) is 8.42 Å². The molecule has 0 amide bonds. The highest BCUT2D eigenvalue weighted by Crippen LogP contribution is 2.28. The minimum absolute atomic E-state index is 0.0204. The number of rotatable bonds is 3. The van der Waals surface area contributed by atoms with Gasteiger partial charge in [0.1, 0.15) is 0 Å². The van der Waals surface area contributed by atoms with Gasteiger partial charge in [-0.1, -0.05) is 11.2 Å². The maximum atomic E-state index is 11.4. The van der Waals surface area contributed by atoms with Gasteiger partial charge < -0.3 is 9.26 Å². The van der Waals surface area contributed by atoms with Gasteiger partial charge in [-0.3, -0.25) is 0 Å². The zero-order valence-corrected chi connectivity index (χ0v) is 12.3. The fraction of sp³-hybridized carbons (Fsp3) is 0.385. The van der Waals surface area contributed by atoms with Crippen LogP contribution < -0.4 is 5.14 Å². The predicted octanol–water partition coefficient (Wildman–Crippen LogP) is 1.20. The standard InChI is InChI=1S/C13H15N3O4S/c1-8-2-3-10(21(14,17)18)6-11(8)13-15-12(16-20-13)9-4-5-19-7-9/h2-3,6,9H,4-5,7H2,1H3,(H2,14,17,18)/t9-/m1/s1. The zero-order chi connectivity index (χ0) is 15.0. The Balaban J connectivity index is 2.00. The van der Waals surface area contributed by atoms with Crippen LogP contribution >= 0.6 is 0 Å². The molecule has 2 N–H and O–H groups in total. The van der Waals surface area contributed by atoms with Crippen molar-refractivity contribution < 1.29 is 17.7 Å². The Morgan fingerprint density at radius 2 is 2.19 bits per heavy atom. The molecule has 1 aliphatic heterocycles. The summed E-state index contributed by atoms with van der Waals surface area (Å²) in [5.41, 5.74) is 1.40. The third-order valence-corrected chi connectivity index (χ3v) is 4.42. The highest BCUT2D eigenvalue weighted by molar-refractivity contribution is 7.89. The molecule has 0 saturated carbocycles. The fourth-order valence-electron chi connectivity index (χ4n) is 2.26. The SMILES string of the molecule is Cc1ccc(S(N)(=O)=O)cc1-c1nc([C@@H]2CCOC2)no1. The molecule has 0 spiro atoms. The minimum atomic E-state index is -3.77. The summed E-state index contributed by atoms with van der Waals surface area (Å²) in [4.78, 5) is 4.37. The maximum absolute atomic E-state index is 11.4. The van der Waals surface area contributed by atoms with Gasteiger partial charge in [-0.2, -0.15) is 4.98 Å². The van der Waals surface area contributed by atoms with E-state index in [1.807, 2.05) is 6.92 Å². The molecule has 0 aliphatic carbocycles. The first-order valence-corrected chi connectivity index (χ1v) is 8.05. The number of benzene rings is 1. The van der Waals surface area contributed by atoms with Crippen molar-refractivity contribution >= 4 is 10.0 Å². The lowest BCUT2D eigenvalue weighted by Gasteiger charge is -2.04. The van der Waals surface area contributed by atoms with E-state index in [4.69, 9.17) is 14.4 Å². The lowest BCUT2D eigenvalue weighted by atomic mass is 10.1. The first-order valence-electron chi connectivity index (χ1n) is 6.50. The average Bonchev–Trinajstić information content (AvgIpc) is 3.09. The number of sulfonamides is 1. The molecule has 1 aliphatic rings. The molecule has 3 rings (SSSR count). The van der Waals surface area contributed by atoms with Crippen LogP contribution in [0.1, 0.15) is 23.7 Å². The molecule has 1 aromatic heterocycles. The lowest BCUT2D eigenvalue weighted by molar-refractivity contribution is 0.192. The molecule has 8 heteroatoms. The normalized spacial score (nSPS) is 19.0. The maximum Gasteiger partial charge on any atom is 0.258 e. The molecule has 1 fully saturated rings. The van der Waals surface area contributed by atoms with Crippen molar-refractivity contribution in [2.24, 2.45) is 5.14 Å². The van der Waals surface area contributed by atoms with Crippen molar-refractivity contribution in [2.45, 2.75) is 24.2 Å². The molecular weight excluding hydrogens is 294 g/mol. The van der Waals surface area contributed by atoms with Crippen LogP contribution in [0, 0.1) is 6.92 Å². The van der Waals surface area contributed by atoms with Gasteiger partial charge in [0, 0.05) is 18.1 Å². The van der Waals surface area contributed by atoms with E-state index in [1.54, 1.807) is 6.07 Å². The Hall–Kier alpha value is -1.77. The van der Waals surface area contributed by atoms with E-state index in [0.29, 0.717) is 30.5 Å². The van der Waals surface area contributed by atoms with Crippen LogP contribution in [0.4, 0.5) is 0 Å². The van der Waals surface area contributed by atoms with Gasteiger partial charge in [-0.25, -0.2) is 13.6 Å². The number of hydrogen-bond donors (Lipinski definition) is 1. The average molecular weight is 309 g/mol. The van der Waals surface area contributed by atoms with E-state index in [2.05, 4.69) is 10.1 Å². The van der Waals surface area contributed by atoms with Crippen LogP contribution in [0.15, 0.2) is 27.6 Å². The topological polar surface area (TPSA) is 108 Å². The molecule has 2 heterocycles. The quantitative estimate of drug-likeness (QED) is 0.912. The van der Waals surface area contributed by atoms with Gasteiger partial charge in [0.25, 0.3) is 5.89 Å². The second kappa shape index (κ2) is 5.21. The Kier molecular flexibility index (Phi) is 3.52. The van der Waals surface area contributed by atoms with Gasteiger partial charge in [-0.15, -0.1) is 0 Å². The molecule has 2 aromatic rings. The van der Waals surface area contributed by atoms with Gasteiger partial charge >= 0.3 is 0 Å². The molecule has 1 saturated heterocycles. The number of primary sulfonamides is 1. The van der Waals surface area contributed by atoms with Crippen molar-refractivity contribution in [3.05, 3.63) is 29.6 Å². The van der Waals surface area contributed by atoms with E-state index in [-0.39, 0.29) is 10.8 Å². The summed E-state index contributed by atoms with van der Waals surface area (Å²) in [5, 5.41) is 9.11. The van der Waals surface area contributed by atoms with Crippen LogP contribution in [0.25, 0.3) is 11.5 Å². The van der Waals surface area contributed by atoms with Crippen LogP contribution in [-0.2, 0) is 14.8 Å². The molecule has 21 heavy (non-hydrogen) atoms. The summed E-state index contributed by atoms with van der Waals surface area (Å²) in [6.07, 6.45) is 0.856. The largest absolute Gasteiger partial charge is 0.381 e. The van der Waals surface area contributed by atoms with Crippen molar-refractivity contribution in [2.75, 3.05) is 13.2 Å². The van der Waals surface area contributed by atoms with Crippen LogP contribution in [0.3, 0.4) is 0 Å². The summed E-state index contributed by atoms with van der Waals surface area (Å²) >= 11 is 0. The summed E-state index contributed by atoms with van der Waals surface area (Å²) < 4.78 is 33.4. The summed E-state index contributed by atoms with van der Waals surface area (Å²) in [5.74, 6) is 1.01. The van der Waals surface area contributed by atoms with Crippen molar-refractivity contribution in [3.8, 4) is 11.5 Å². The minimum Gasteiger partial charge on any atom is -0.381 e. The van der Waals surface area contributed by atoms with Crippen molar-refractivity contribution in [1.29, 1.82) is 0 Å². The van der Waals surface area contributed by atoms with Crippen LogP contribution in [0.5, 0.6) is 0 Å². The van der Waals surface area contributed by atoms with E-state index in [0.717, 1.165) is 12.0 Å². The smallest absolute Gasteiger partial charge is 0.258 e. The van der Waals surface area contributed by atoms with Crippen LogP contribution in [0.2, 0.25) is 0 Å².